The first kappa shape index (κ1) is 14.7. The molecule has 7 heteroatoms. The van der Waals surface area contributed by atoms with Crippen molar-refractivity contribution in [2.45, 2.75) is 19.8 Å². The number of carboxylic acid groups (broad SMARTS) is 1. The largest absolute Gasteiger partial charge is 0.481 e. The lowest BCUT2D eigenvalue weighted by Crippen LogP contribution is -2.48. The van der Waals surface area contributed by atoms with Crippen molar-refractivity contribution >= 4 is 23.5 Å². The lowest BCUT2D eigenvalue weighted by atomic mass is 9.82. The first-order valence-corrected chi connectivity index (χ1v) is 6.55. The van der Waals surface area contributed by atoms with Gasteiger partial charge in [0, 0.05) is 13.1 Å². The van der Waals surface area contributed by atoms with Crippen LogP contribution in [-0.4, -0.2) is 40.0 Å². The number of carbonyl (C=O) groups is 2. The maximum atomic E-state index is 13.2. The molecule has 1 amide bonds. The Kier molecular flexibility index (Phi) is 3.94. The first-order chi connectivity index (χ1) is 9.33. The van der Waals surface area contributed by atoms with Crippen LogP contribution < -0.4 is 0 Å². The lowest BCUT2D eigenvalue weighted by molar-refractivity contribution is -0.150. The molecule has 1 saturated heterocycles. The smallest absolute Gasteiger partial charge is 0.311 e. The van der Waals surface area contributed by atoms with Crippen molar-refractivity contribution in [2.75, 3.05) is 13.1 Å². The summed E-state index contributed by atoms with van der Waals surface area (Å²) in [6.45, 7) is 2.10. The molecule has 0 radical (unpaired) electrons. The van der Waals surface area contributed by atoms with Gasteiger partial charge in [-0.15, -0.1) is 0 Å². The van der Waals surface area contributed by atoms with E-state index in [1.54, 1.807) is 6.92 Å². The topological polar surface area (TPSA) is 70.5 Å². The number of pyridine rings is 1. The van der Waals surface area contributed by atoms with Gasteiger partial charge in [0.05, 0.1) is 17.2 Å². The summed E-state index contributed by atoms with van der Waals surface area (Å²) in [6, 6.07) is 1.02. The Bertz CT molecular complexity index is 567. The maximum absolute atomic E-state index is 13.2. The summed E-state index contributed by atoms with van der Waals surface area (Å²) in [5, 5.41) is 9.15. The number of amides is 1. The molecule has 1 aliphatic heterocycles. The summed E-state index contributed by atoms with van der Waals surface area (Å²) in [7, 11) is 0. The number of likely N-dealkylation sites (tertiary alicyclic amines) is 1. The molecule has 2 heterocycles. The maximum Gasteiger partial charge on any atom is 0.311 e. The van der Waals surface area contributed by atoms with Gasteiger partial charge in [-0.05, 0) is 25.8 Å². The molecule has 0 bridgehead atoms. The second-order valence-corrected chi connectivity index (χ2v) is 5.55. The highest BCUT2D eigenvalue weighted by molar-refractivity contribution is 6.32. The van der Waals surface area contributed by atoms with Crippen molar-refractivity contribution in [3.05, 3.63) is 28.8 Å². The predicted octanol–water partition coefficient (Wildman–Crippen LogP) is 2.20. The highest BCUT2D eigenvalue weighted by atomic mass is 35.5. The van der Waals surface area contributed by atoms with Crippen LogP contribution in [0.3, 0.4) is 0 Å². The van der Waals surface area contributed by atoms with Crippen LogP contribution in [0.2, 0.25) is 5.15 Å². The molecule has 0 aromatic carbocycles. The average molecular weight is 301 g/mol. The minimum atomic E-state index is -0.985. The molecule has 5 nitrogen and oxygen atoms in total. The van der Waals surface area contributed by atoms with Crippen molar-refractivity contribution in [3.63, 3.8) is 0 Å². The van der Waals surface area contributed by atoms with Crippen LogP contribution >= 0.6 is 11.6 Å². The molecule has 1 N–H and O–H groups in total. The van der Waals surface area contributed by atoms with Crippen LogP contribution in [0.4, 0.5) is 4.39 Å². The van der Waals surface area contributed by atoms with E-state index < -0.39 is 23.1 Å². The number of rotatable bonds is 2. The Morgan fingerprint density at radius 1 is 1.55 bits per heavy atom. The fourth-order valence-corrected chi connectivity index (χ4v) is 2.51. The summed E-state index contributed by atoms with van der Waals surface area (Å²) >= 11 is 5.80. The van der Waals surface area contributed by atoms with E-state index in [9.17, 15) is 19.1 Å². The summed E-state index contributed by atoms with van der Waals surface area (Å²) < 4.78 is 13.2. The third kappa shape index (κ3) is 2.75. The number of nitrogens with zero attached hydrogens (tertiary/aromatic N) is 2. The highest BCUT2D eigenvalue weighted by Crippen LogP contribution is 2.31. The third-order valence-electron chi connectivity index (χ3n) is 3.54. The van der Waals surface area contributed by atoms with Crippen LogP contribution in [0.15, 0.2) is 12.3 Å². The quantitative estimate of drug-likeness (QED) is 0.850. The van der Waals surface area contributed by atoms with Gasteiger partial charge in [0.15, 0.2) is 0 Å². The predicted molar refractivity (Wildman–Crippen MR) is 70.1 cm³/mol. The molecular weight excluding hydrogens is 287 g/mol. The van der Waals surface area contributed by atoms with Gasteiger partial charge in [0.1, 0.15) is 11.0 Å². The average Bonchev–Trinajstić information content (AvgIpc) is 2.40. The van der Waals surface area contributed by atoms with Crippen molar-refractivity contribution < 1.29 is 19.1 Å². The minimum Gasteiger partial charge on any atom is -0.481 e. The molecule has 108 valence electrons. The van der Waals surface area contributed by atoms with Crippen molar-refractivity contribution in [2.24, 2.45) is 5.41 Å². The monoisotopic (exact) mass is 300 g/mol. The summed E-state index contributed by atoms with van der Waals surface area (Å²) in [5.74, 6) is -2.09. The fourth-order valence-electron chi connectivity index (χ4n) is 2.33. The molecule has 1 fully saturated rings. The molecular formula is C13H14ClFN2O3. The normalized spacial score (nSPS) is 22.6. The second kappa shape index (κ2) is 5.36. The molecule has 0 spiro atoms. The molecule has 1 aromatic rings. The summed E-state index contributed by atoms with van der Waals surface area (Å²) in [5.41, 5.74) is -1.03. The highest BCUT2D eigenvalue weighted by Gasteiger charge is 2.39. The van der Waals surface area contributed by atoms with Gasteiger partial charge in [-0.1, -0.05) is 11.6 Å². The Morgan fingerprint density at radius 2 is 2.25 bits per heavy atom. The molecule has 1 aliphatic rings. The van der Waals surface area contributed by atoms with E-state index in [0.717, 1.165) is 12.3 Å². The Hall–Kier alpha value is -1.69. The number of carboxylic acids is 1. The number of carbonyl (C=O) groups excluding carboxylic acids is 1. The van der Waals surface area contributed by atoms with E-state index in [1.165, 1.54) is 4.90 Å². The number of halogens is 2. The van der Waals surface area contributed by atoms with E-state index in [2.05, 4.69) is 4.98 Å². The van der Waals surface area contributed by atoms with Gasteiger partial charge in [-0.25, -0.2) is 9.37 Å². The summed E-state index contributed by atoms with van der Waals surface area (Å²) in [4.78, 5) is 28.6. The van der Waals surface area contributed by atoms with Gasteiger partial charge >= 0.3 is 5.97 Å². The van der Waals surface area contributed by atoms with Crippen LogP contribution in [0.5, 0.6) is 0 Å². The Labute approximate surface area is 120 Å². The Morgan fingerprint density at radius 3 is 2.90 bits per heavy atom. The molecule has 1 unspecified atom stereocenters. The van der Waals surface area contributed by atoms with Crippen molar-refractivity contribution in [1.82, 2.24) is 9.88 Å². The van der Waals surface area contributed by atoms with Crippen molar-refractivity contribution in [1.29, 1.82) is 0 Å². The van der Waals surface area contributed by atoms with E-state index in [1.807, 2.05) is 0 Å². The number of hydrogen-bond acceptors (Lipinski definition) is 3. The van der Waals surface area contributed by atoms with Crippen molar-refractivity contribution in [3.8, 4) is 0 Å². The first-order valence-electron chi connectivity index (χ1n) is 6.17. The fraction of sp³-hybridized carbons (Fsp3) is 0.462. The van der Waals surface area contributed by atoms with Gasteiger partial charge in [0.2, 0.25) is 0 Å². The number of aromatic nitrogens is 1. The van der Waals surface area contributed by atoms with Crippen LogP contribution in [-0.2, 0) is 4.79 Å². The van der Waals surface area contributed by atoms with Gasteiger partial charge in [-0.2, -0.15) is 0 Å². The third-order valence-corrected chi connectivity index (χ3v) is 3.84. The Balaban J connectivity index is 2.25. The van der Waals surface area contributed by atoms with Gasteiger partial charge in [-0.3, -0.25) is 9.59 Å². The molecule has 1 atom stereocenters. The molecule has 1 aromatic heterocycles. The number of hydrogen-bond donors (Lipinski definition) is 1. The summed E-state index contributed by atoms with van der Waals surface area (Å²) in [6.07, 6.45) is 2.01. The van der Waals surface area contributed by atoms with E-state index in [0.29, 0.717) is 19.4 Å². The zero-order valence-corrected chi connectivity index (χ0v) is 11.7. The van der Waals surface area contributed by atoms with E-state index >= 15 is 0 Å². The number of piperidine rings is 1. The van der Waals surface area contributed by atoms with E-state index in [4.69, 9.17) is 11.6 Å². The number of aliphatic carboxylic acids is 1. The van der Waals surface area contributed by atoms with E-state index in [-0.39, 0.29) is 17.3 Å². The zero-order chi connectivity index (χ0) is 14.9. The second-order valence-electron chi connectivity index (χ2n) is 5.19. The minimum absolute atomic E-state index is 0.0405. The van der Waals surface area contributed by atoms with Crippen LogP contribution in [0.1, 0.15) is 30.1 Å². The molecule has 0 aliphatic carbocycles. The SMILES string of the molecule is CC1(C(=O)O)CCCN(C(=O)c2cc(F)cnc2Cl)C1. The van der Waals surface area contributed by atoms with Gasteiger partial charge in [0.25, 0.3) is 5.91 Å². The lowest BCUT2D eigenvalue weighted by Gasteiger charge is -2.37. The molecule has 2 rings (SSSR count). The van der Waals surface area contributed by atoms with Gasteiger partial charge < -0.3 is 10.0 Å². The zero-order valence-electron chi connectivity index (χ0n) is 10.9. The van der Waals surface area contributed by atoms with Crippen LogP contribution in [0, 0.1) is 11.2 Å². The molecule has 20 heavy (non-hydrogen) atoms. The molecule has 0 saturated carbocycles. The standard InChI is InChI=1S/C13H14ClFN2O3/c1-13(12(19)20)3-2-4-17(7-13)11(18)9-5-8(15)6-16-10(9)14/h5-6H,2-4,7H2,1H3,(H,19,20). The van der Waals surface area contributed by atoms with Crippen LogP contribution in [0.25, 0.3) is 0 Å².